The van der Waals surface area contributed by atoms with E-state index in [2.05, 4.69) is 0 Å². The largest absolute Gasteiger partial charge is 0.480 e. The summed E-state index contributed by atoms with van der Waals surface area (Å²) in [6.45, 7) is 3.62. The van der Waals surface area contributed by atoms with Crippen LogP contribution in [0.2, 0.25) is 0 Å². The van der Waals surface area contributed by atoms with Crippen LogP contribution in [0.1, 0.15) is 13.8 Å². The lowest BCUT2D eigenvalue weighted by molar-refractivity contribution is -0.134. The van der Waals surface area contributed by atoms with Crippen LogP contribution >= 0.6 is 0 Å². The van der Waals surface area contributed by atoms with Gasteiger partial charge in [0, 0.05) is 18.5 Å². The number of hydrogen-bond donors (Lipinski definition) is 2. The van der Waals surface area contributed by atoms with Gasteiger partial charge in [-0.2, -0.15) is 4.31 Å². The lowest BCUT2D eigenvalue weighted by Gasteiger charge is -2.20. The van der Waals surface area contributed by atoms with Gasteiger partial charge in [-0.25, -0.2) is 8.42 Å². The van der Waals surface area contributed by atoms with E-state index in [9.17, 15) is 18.3 Å². The van der Waals surface area contributed by atoms with Gasteiger partial charge in [-0.05, 0) is 0 Å². The number of hydrogen-bond acceptors (Lipinski definition) is 4. The fraction of sp³-hybridized carbons (Fsp3) is 0.875. The van der Waals surface area contributed by atoms with Crippen molar-refractivity contribution in [2.24, 2.45) is 5.41 Å². The zero-order valence-electron chi connectivity index (χ0n) is 8.67. The molecule has 1 aliphatic heterocycles. The molecule has 1 heterocycles. The van der Waals surface area contributed by atoms with Gasteiger partial charge < -0.3 is 10.2 Å². The maximum atomic E-state index is 11.5. The van der Waals surface area contributed by atoms with Gasteiger partial charge in [0.2, 0.25) is 10.0 Å². The molecule has 1 saturated heterocycles. The van der Waals surface area contributed by atoms with E-state index in [1.807, 2.05) is 0 Å². The summed E-state index contributed by atoms with van der Waals surface area (Å²) in [5, 5.41) is 18.0. The number of carboxylic acids is 1. The predicted octanol–water partition coefficient (Wildman–Crippen LogP) is -0.896. The fourth-order valence-corrected chi connectivity index (χ4v) is 2.92. The molecule has 88 valence electrons. The van der Waals surface area contributed by atoms with Crippen molar-refractivity contribution in [2.75, 3.05) is 18.8 Å². The van der Waals surface area contributed by atoms with E-state index in [-0.39, 0.29) is 13.1 Å². The van der Waals surface area contributed by atoms with E-state index in [0.29, 0.717) is 0 Å². The normalized spacial score (nSPS) is 26.7. The molecule has 6 nitrogen and oxygen atoms in total. The number of carboxylic acid groups (broad SMARTS) is 1. The summed E-state index contributed by atoms with van der Waals surface area (Å²) < 4.78 is 24.1. The van der Waals surface area contributed by atoms with Crippen molar-refractivity contribution in [1.82, 2.24) is 4.31 Å². The highest BCUT2D eigenvalue weighted by atomic mass is 32.2. The van der Waals surface area contributed by atoms with E-state index in [1.54, 1.807) is 13.8 Å². The van der Waals surface area contributed by atoms with Crippen molar-refractivity contribution >= 4 is 16.0 Å². The van der Waals surface area contributed by atoms with Crippen LogP contribution in [-0.4, -0.2) is 53.9 Å². The molecule has 0 saturated carbocycles. The highest BCUT2D eigenvalue weighted by molar-refractivity contribution is 7.89. The Morgan fingerprint density at radius 1 is 1.53 bits per heavy atom. The second-order valence-electron chi connectivity index (χ2n) is 4.45. The first-order chi connectivity index (χ1) is 6.65. The molecule has 2 N–H and O–H groups in total. The third-order valence-corrected chi connectivity index (χ3v) is 4.24. The monoisotopic (exact) mass is 237 g/mol. The van der Waals surface area contributed by atoms with Gasteiger partial charge in [0.05, 0.1) is 6.10 Å². The molecule has 0 bridgehead atoms. The second kappa shape index (κ2) is 3.73. The zero-order valence-corrected chi connectivity index (χ0v) is 9.49. The Balaban J connectivity index is 2.81. The number of aliphatic hydroxyl groups excluding tert-OH is 1. The summed E-state index contributed by atoms with van der Waals surface area (Å²) in [5.41, 5.74) is -0.522. The number of sulfonamides is 1. The van der Waals surface area contributed by atoms with Gasteiger partial charge in [-0.1, -0.05) is 13.8 Å². The topological polar surface area (TPSA) is 94.9 Å². The van der Waals surface area contributed by atoms with Crippen LogP contribution in [0.5, 0.6) is 0 Å². The van der Waals surface area contributed by atoms with E-state index in [1.165, 1.54) is 0 Å². The summed E-state index contributed by atoms with van der Waals surface area (Å²) in [5.74, 6) is -2.30. The van der Waals surface area contributed by atoms with Gasteiger partial charge in [0.25, 0.3) is 0 Å². The summed E-state index contributed by atoms with van der Waals surface area (Å²) in [6, 6.07) is 0. The molecule has 0 spiro atoms. The molecule has 1 aliphatic rings. The first-order valence-electron chi connectivity index (χ1n) is 4.53. The van der Waals surface area contributed by atoms with Crippen LogP contribution in [0.25, 0.3) is 0 Å². The van der Waals surface area contributed by atoms with Crippen molar-refractivity contribution in [2.45, 2.75) is 20.0 Å². The van der Waals surface area contributed by atoms with E-state index < -0.39 is 33.3 Å². The first-order valence-corrected chi connectivity index (χ1v) is 6.14. The molecule has 0 radical (unpaired) electrons. The SMILES string of the molecule is CC1(C)CN(S(=O)(=O)CC(=O)O)CC1O. The van der Waals surface area contributed by atoms with Gasteiger partial charge in [-0.3, -0.25) is 4.79 Å². The molecule has 0 amide bonds. The number of carbonyl (C=O) groups is 1. The minimum Gasteiger partial charge on any atom is -0.480 e. The average molecular weight is 237 g/mol. The Morgan fingerprint density at radius 3 is 2.40 bits per heavy atom. The van der Waals surface area contributed by atoms with Crippen molar-refractivity contribution in [1.29, 1.82) is 0 Å². The molecule has 15 heavy (non-hydrogen) atoms. The molecule has 0 aromatic carbocycles. The Hall–Kier alpha value is -0.660. The highest BCUT2D eigenvalue weighted by Crippen LogP contribution is 2.31. The number of nitrogens with zero attached hydrogens (tertiary/aromatic N) is 1. The lowest BCUT2D eigenvalue weighted by Crippen LogP contribution is -2.34. The van der Waals surface area contributed by atoms with Crippen LogP contribution < -0.4 is 0 Å². The summed E-state index contributed by atoms with van der Waals surface area (Å²) in [4.78, 5) is 10.3. The van der Waals surface area contributed by atoms with Crippen molar-refractivity contribution < 1.29 is 23.4 Å². The number of aliphatic hydroxyl groups is 1. The Bertz CT molecular complexity index is 361. The van der Waals surface area contributed by atoms with Crippen molar-refractivity contribution in [3.05, 3.63) is 0 Å². The molecule has 7 heteroatoms. The molecule has 0 aromatic heterocycles. The molecule has 1 fully saturated rings. The maximum absolute atomic E-state index is 11.5. The Kier molecular flexibility index (Phi) is 3.09. The molecule has 1 atom stereocenters. The number of β-amino-alcohol motifs (C(OH)–C–C–N with tert-alkyl or cyclic N) is 1. The van der Waals surface area contributed by atoms with Gasteiger partial charge in [0.1, 0.15) is 0 Å². The molecule has 0 aromatic rings. The minimum absolute atomic E-state index is 0.0252. The van der Waals surface area contributed by atoms with Crippen molar-refractivity contribution in [3.63, 3.8) is 0 Å². The molecule has 0 aliphatic carbocycles. The van der Waals surface area contributed by atoms with Gasteiger partial charge >= 0.3 is 5.97 Å². The predicted molar refractivity (Wildman–Crippen MR) is 52.8 cm³/mol. The summed E-state index contributed by atoms with van der Waals surface area (Å²) >= 11 is 0. The van der Waals surface area contributed by atoms with Crippen LogP contribution in [-0.2, 0) is 14.8 Å². The first kappa shape index (κ1) is 12.4. The van der Waals surface area contributed by atoms with E-state index in [4.69, 9.17) is 5.11 Å². The third-order valence-electron chi connectivity index (χ3n) is 2.56. The molecular formula is C8H15NO5S. The van der Waals surface area contributed by atoms with Gasteiger partial charge in [-0.15, -0.1) is 0 Å². The number of aliphatic carboxylic acids is 1. The smallest absolute Gasteiger partial charge is 0.320 e. The van der Waals surface area contributed by atoms with Crippen LogP contribution in [0.15, 0.2) is 0 Å². The minimum atomic E-state index is -3.79. The second-order valence-corrected chi connectivity index (χ2v) is 6.42. The Labute approximate surface area is 88.6 Å². The van der Waals surface area contributed by atoms with E-state index in [0.717, 1.165) is 4.31 Å². The van der Waals surface area contributed by atoms with Crippen molar-refractivity contribution in [3.8, 4) is 0 Å². The van der Waals surface area contributed by atoms with Crippen LogP contribution in [0, 0.1) is 5.41 Å². The standard InChI is InChI=1S/C8H15NO5S/c1-8(2)5-9(3-6(8)10)15(13,14)4-7(11)12/h6,10H,3-5H2,1-2H3,(H,11,12). The summed E-state index contributed by atoms with van der Waals surface area (Å²) in [6.07, 6.45) is -0.749. The van der Waals surface area contributed by atoms with Crippen LogP contribution in [0.4, 0.5) is 0 Å². The molecule has 1 unspecified atom stereocenters. The highest BCUT2D eigenvalue weighted by Gasteiger charge is 2.43. The molecular weight excluding hydrogens is 222 g/mol. The zero-order chi connectivity index (χ0) is 11.9. The van der Waals surface area contributed by atoms with Crippen LogP contribution in [0.3, 0.4) is 0 Å². The number of rotatable bonds is 3. The fourth-order valence-electron chi connectivity index (χ4n) is 1.52. The van der Waals surface area contributed by atoms with Gasteiger partial charge in [0.15, 0.2) is 5.75 Å². The summed E-state index contributed by atoms with van der Waals surface area (Å²) in [7, 11) is -3.79. The Morgan fingerprint density at radius 2 is 2.07 bits per heavy atom. The lowest BCUT2D eigenvalue weighted by atomic mass is 9.90. The quantitative estimate of drug-likeness (QED) is 0.663. The maximum Gasteiger partial charge on any atom is 0.320 e. The third kappa shape index (κ3) is 2.67. The van der Waals surface area contributed by atoms with E-state index >= 15 is 0 Å². The average Bonchev–Trinajstić information content (AvgIpc) is 2.24. The molecule has 1 rings (SSSR count).